The maximum atomic E-state index is 10.6. The van der Waals surface area contributed by atoms with Crippen LogP contribution < -0.4 is 16.0 Å². The summed E-state index contributed by atoms with van der Waals surface area (Å²) in [4.78, 5) is 13.1. The predicted octanol–water partition coefficient (Wildman–Crippen LogP) is 1.90. The van der Waals surface area contributed by atoms with Crippen molar-refractivity contribution in [3.8, 4) is 0 Å². The first-order valence-electron chi connectivity index (χ1n) is 7.57. The highest BCUT2D eigenvalue weighted by Crippen LogP contribution is 2.19. The van der Waals surface area contributed by atoms with Crippen molar-refractivity contribution in [3.63, 3.8) is 0 Å². The fourth-order valence-corrected chi connectivity index (χ4v) is 2.71. The number of carbonyl (C=O) groups is 1. The zero-order valence-corrected chi connectivity index (χ0v) is 12.1. The number of para-hydroxylation sites is 1. The summed E-state index contributed by atoms with van der Waals surface area (Å²) in [5.41, 5.74) is 6.45. The van der Waals surface area contributed by atoms with Crippen molar-refractivity contribution < 1.29 is 4.79 Å². The molecule has 0 radical (unpaired) electrons. The number of nitrogens with one attached hydrogen (secondary N) is 1. The monoisotopic (exact) mass is 275 g/mol. The number of amides is 1. The SMILES string of the molecule is NC(=O)CCCCNC1CCN(c2ccccc2)CC1. The zero-order valence-electron chi connectivity index (χ0n) is 12.1. The van der Waals surface area contributed by atoms with E-state index in [0.29, 0.717) is 12.5 Å². The Morgan fingerprint density at radius 1 is 1.20 bits per heavy atom. The Kier molecular flexibility index (Phi) is 5.87. The summed E-state index contributed by atoms with van der Waals surface area (Å²) in [6.45, 7) is 3.22. The number of unbranched alkanes of at least 4 members (excludes halogenated alkanes) is 1. The van der Waals surface area contributed by atoms with Gasteiger partial charge in [0.15, 0.2) is 0 Å². The van der Waals surface area contributed by atoms with Crippen LogP contribution in [-0.2, 0) is 4.79 Å². The van der Waals surface area contributed by atoms with Gasteiger partial charge in [-0.1, -0.05) is 18.2 Å². The number of hydrogen-bond acceptors (Lipinski definition) is 3. The van der Waals surface area contributed by atoms with Crippen LogP contribution in [0.2, 0.25) is 0 Å². The predicted molar refractivity (Wildman–Crippen MR) is 82.7 cm³/mol. The minimum Gasteiger partial charge on any atom is -0.371 e. The second-order valence-electron chi connectivity index (χ2n) is 5.47. The molecule has 1 saturated heterocycles. The standard InChI is InChI=1S/C16H25N3O/c17-16(20)8-4-5-11-18-14-9-12-19(13-10-14)15-6-2-1-3-7-15/h1-3,6-7,14,18H,4-5,8-13H2,(H2,17,20). The molecule has 1 heterocycles. The molecule has 1 fully saturated rings. The molecule has 1 aliphatic rings. The summed E-state index contributed by atoms with van der Waals surface area (Å²) < 4.78 is 0. The number of primary amides is 1. The molecule has 4 nitrogen and oxygen atoms in total. The molecule has 1 aromatic rings. The lowest BCUT2D eigenvalue weighted by molar-refractivity contribution is -0.118. The third-order valence-corrected chi connectivity index (χ3v) is 3.90. The summed E-state index contributed by atoms with van der Waals surface area (Å²) in [6.07, 6.45) is 4.80. The number of nitrogens with zero attached hydrogens (tertiary/aromatic N) is 1. The lowest BCUT2D eigenvalue weighted by Crippen LogP contribution is -2.42. The van der Waals surface area contributed by atoms with Crippen LogP contribution in [0, 0.1) is 0 Å². The molecule has 0 aromatic heterocycles. The van der Waals surface area contributed by atoms with Gasteiger partial charge in [-0.2, -0.15) is 0 Å². The Hall–Kier alpha value is -1.55. The van der Waals surface area contributed by atoms with E-state index >= 15 is 0 Å². The second-order valence-corrected chi connectivity index (χ2v) is 5.47. The van der Waals surface area contributed by atoms with Crippen LogP contribution in [0.1, 0.15) is 32.1 Å². The van der Waals surface area contributed by atoms with Gasteiger partial charge in [-0.25, -0.2) is 0 Å². The van der Waals surface area contributed by atoms with E-state index in [0.717, 1.165) is 32.5 Å². The fraction of sp³-hybridized carbons (Fsp3) is 0.562. The third-order valence-electron chi connectivity index (χ3n) is 3.90. The molecule has 0 unspecified atom stereocenters. The largest absolute Gasteiger partial charge is 0.371 e. The molecule has 110 valence electrons. The molecule has 4 heteroatoms. The average molecular weight is 275 g/mol. The Bertz CT molecular complexity index is 399. The van der Waals surface area contributed by atoms with E-state index in [1.807, 2.05) is 0 Å². The van der Waals surface area contributed by atoms with Gasteiger partial charge in [-0.05, 0) is 44.4 Å². The number of piperidine rings is 1. The van der Waals surface area contributed by atoms with Gasteiger partial charge in [0.05, 0.1) is 0 Å². The minimum atomic E-state index is -0.193. The van der Waals surface area contributed by atoms with E-state index in [9.17, 15) is 4.79 Å². The van der Waals surface area contributed by atoms with Gasteiger partial charge < -0.3 is 16.0 Å². The molecule has 1 amide bonds. The average Bonchev–Trinajstić information content (AvgIpc) is 2.48. The first-order valence-corrected chi connectivity index (χ1v) is 7.57. The first-order chi connectivity index (χ1) is 9.75. The van der Waals surface area contributed by atoms with Gasteiger partial charge in [0, 0.05) is 31.2 Å². The van der Waals surface area contributed by atoms with Crippen molar-refractivity contribution in [2.45, 2.75) is 38.1 Å². The molecule has 20 heavy (non-hydrogen) atoms. The van der Waals surface area contributed by atoms with Gasteiger partial charge in [-0.3, -0.25) is 4.79 Å². The molecule has 0 aliphatic carbocycles. The molecule has 0 saturated carbocycles. The van der Waals surface area contributed by atoms with Gasteiger partial charge in [0.25, 0.3) is 0 Å². The quantitative estimate of drug-likeness (QED) is 0.747. The van der Waals surface area contributed by atoms with E-state index in [-0.39, 0.29) is 5.91 Å². The smallest absolute Gasteiger partial charge is 0.217 e. The minimum absolute atomic E-state index is 0.193. The van der Waals surface area contributed by atoms with E-state index in [1.165, 1.54) is 18.5 Å². The topological polar surface area (TPSA) is 58.4 Å². The first kappa shape index (κ1) is 14.9. The highest BCUT2D eigenvalue weighted by atomic mass is 16.1. The Morgan fingerprint density at radius 2 is 1.90 bits per heavy atom. The van der Waals surface area contributed by atoms with Gasteiger partial charge in [-0.15, -0.1) is 0 Å². The fourth-order valence-electron chi connectivity index (χ4n) is 2.71. The van der Waals surface area contributed by atoms with E-state index in [1.54, 1.807) is 0 Å². The third kappa shape index (κ3) is 4.85. The van der Waals surface area contributed by atoms with Crippen molar-refractivity contribution in [1.82, 2.24) is 5.32 Å². The molecule has 0 bridgehead atoms. The van der Waals surface area contributed by atoms with Crippen LogP contribution in [0.4, 0.5) is 5.69 Å². The number of carbonyl (C=O) groups excluding carboxylic acids is 1. The lowest BCUT2D eigenvalue weighted by Gasteiger charge is -2.34. The van der Waals surface area contributed by atoms with Crippen LogP contribution >= 0.6 is 0 Å². The van der Waals surface area contributed by atoms with Crippen LogP contribution in [-0.4, -0.2) is 31.6 Å². The van der Waals surface area contributed by atoms with Crippen molar-refractivity contribution in [2.75, 3.05) is 24.5 Å². The molecule has 0 spiro atoms. The van der Waals surface area contributed by atoms with Crippen LogP contribution in [0.25, 0.3) is 0 Å². The molecule has 1 aliphatic heterocycles. The molecule has 0 atom stereocenters. The van der Waals surface area contributed by atoms with Crippen molar-refractivity contribution in [3.05, 3.63) is 30.3 Å². The zero-order chi connectivity index (χ0) is 14.2. The number of benzene rings is 1. The highest BCUT2D eigenvalue weighted by molar-refractivity contribution is 5.73. The lowest BCUT2D eigenvalue weighted by atomic mass is 10.0. The van der Waals surface area contributed by atoms with Crippen molar-refractivity contribution in [2.24, 2.45) is 5.73 Å². The number of anilines is 1. The van der Waals surface area contributed by atoms with Gasteiger partial charge in [0.2, 0.25) is 5.91 Å². The summed E-state index contributed by atoms with van der Waals surface area (Å²) in [7, 11) is 0. The summed E-state index contributed by atoms with van der Waals surface area (Å²) in [6, 6.07) is 11.2. The second kappa shape index (κ2) is 7.90. The Balaban J connectivity index is 1.61. The molecule has 1 aromatic carbocycles. The maximum absolute atomic E-state index is 10.6. The van der Waals surface area contributed by atoms with Crippen molar-refractivity contribution in [1.29, 1.82) is 0 Å². The van der Waals surface area contributed by atoms with Crippen LogP contribution in [0.3, 0.4) is 0 Å². The summed E-state index contributed by atoms with van der Waals surface area (Å²) in [5.74, 6) is -0.193. The molecule has 3 N–H and O–H groups in total. The maximum Gasteiger partial charge on any atom is 0.217 e. The van der Waals surface area contributed by atoms with Crippen LogP contribution in [0.15, 0.2) is 30.3 Å². The highest BCUT2D eigenvalue weighted by Gasteiger charge is 2.18. The van der Waals surface area contributed by atoms with Gasteiger partial charge >= 0.3 is 0 Å². The van der Waals surface area contributed by atoms with Crippen LogP contribution in [0.5, 0.6) is 0 Å². The molecular weight excluding hydrogens is 250 g/mol. The number of nitrogens with two attached hydrogens (primary N) is 1. The normalized spacial score (nSPS) is 16.3. The molecule has 2 rings (SSSR count). The van der Waals surface area contributed by atoms with E-state index in [4.69, 9.17) is 5.73 Å². The van der Waals surface area contributed by atoms with E-state index in [2.05, 4.69) is 40.5 Å². The summed E-state index contributed by atoms with van der Waals surface area (Å²) >= 11 is 0. The Labute approximate surface area is 121 Å². The number of rotatable bonds is 7. The van der Waals surface area contributed by atoms with Crippen molar-refractivity contribution >= 4 is 11.6 Å². The molecular formula is C16H25N3O. The Morgan fingerprint density at radius 3 is 2.55 bits per heavy atom. The number of hydrogen-bond donors (Lipinski definition) is 2. The summed E-state index contributed by atoms with van der Waals surface area (Å²) in [5, 5.41) is 3.59. The van der Waals surface area contributed by atoms with Gasteiger partial charge in [0.1, 0.15) is 0 Å². The van der Waals surface area contributed by atoms with E-state index < -0.39 is 0 Å².